The summed E-state index contributed by atoms with van der Waals surface area (Å²) in [6.45, 7) is 0.362. The molecule has 1 atom stereocenters. The molecule has 0 spiro atoms. The van der Waals surface area contributed by atoms with Crippen LogP contribution in [0.4, 0.5) is 0 Å². The van der Waals surface area contributed by atoms with Gasteiger partial charge in [0.2, 0.25) is 0 Å². The Morgan fingerprint density at radius 3 is 2.79 bits per heavy atom. The fourth-order valence-corrected chi connectivity index (χ4v) is 3.12. The predicted octanol–water partition coefficient (Wildman–Crippen LogP) is 2.88. The number of aromatic nitrogens is 2. The fourth-order valence-electron chi connectivity index (χ4n) is 3.12. The number of ether oxygens (including phenoxy) is 1. The van der Waals surface area contributed by atoms with Crippen LogP contribution in [0, 0.1) is 0 Å². The molecule has 24 heavy (non-hydrogen) atoms. The highest BCUT2D eigenvalue weighted by Gasteiger charge is 2.22. The number of nitrogens with zero attached hydrogens (tertiary/aromatic N) is 1. The predicted molar refractivity (Wildman–Crippen MR) is 94.5 cm³/mol. The molecule has 124 valence electrons. The topological polar surface area (TPSA) is 67.0 Å². The number of benzene rings is 1. The highest BCUT2D eigenvalue weighted by molar-refractivity contribution is 5.91. The second kappa shape index (κ2) is 7.27. The Kier molecular flexibility index (Phi) is 4.91. The fraction of sp³-hybridized carbons (Fsp3) is 0.263. The van der Waals surface area contributed by atoms with Crippen LogP contribution in [0.2, 0.25) is 0 Å². The first-order valence-electron chi connectivity index (χ1n) is 7.94. The highest BCUT2D eigenvalue weighted by Crippen LogP contribution is 2.37. The van der Waals surface area contributed by atoms with Crippen molar-refractivity contribution in [3.8, 4) is 5.75 Å². The van der Waals surface area contributed by atoms with Gasteiger partial charge in [-0.25, -0.2) is 0 Å². The molecule has 0 aliphatic rings. The molecule has 0 aliphatic heterocycles. The van der Waals surface area contributed by atoms with Gasteiger partial charge in [-0.1, -0.05) is 6.07 Å². The molecule has 1 unspecified atom stereocenters. The zero-order chi connectivity index (χ0) is 16.9. The van der Waals surface area contributed by atoms with Crippen molar-refractivity contribution in [3.05, 3.63) is 60.0 Å². The minimum atomic E-state index is -0.0427. The molecule has 0 fully saturated rings. The van der Waals surface area contributed by atoms with Crippen LogP contribution in [-0.2, 0) is 4.79 Å². The number of fused-ring (bicyclic) bond motifs is 1. The summed E-state index contributed by atoms with van der Waals surface area (Å²) in [6, 6.07) is 9.84. The Balaban J connectivity index is 2.10. The summed E-state index contributed by atoms with van der Waals surface area (Å²) in [5.41, 5.74) is 3.14. The van der Waals surface area contributed by atoms with Gasteiger partial charge in [0.1, 0.15) is 11.5 Å². The van der Waals surface area contributed by atoms with Crippen LogP contribution in [-0.4, -0.2) is 36.5 Å². The van der Waals surface area contributed by atoms with Crippen molar-refractivity contribution in [3.63, 3.8) is 0 Å². The largest absolute Gasteiger partial charge is 0.496 e. The summed E-state index contributed by atoms with van der Waals surface area (Å²) >= 11 is 0. The minimum Gasteiger partial charge on any atom is -0.496 e. The Morgan fingerprint density at radius 2 is 2.08 bits per heavy atom. The Hall–Kier alpha value is -2.66. The number of likely N-dealkylation sites (N-methyl/N-ethyl adjacent to an activating group) is 1. The van der Waals surface area contributed by atoms with Gasteiger partial charge in [-0.15, -0.1) is 0 Å². The van der Waals surface area contributed by atoms with E-state index in [1.54, 1.807) is 26.6 Å². The molecule has 0 aliphatic carbocycles. The first kappa shape index (κ1) is 16.2. The molecule has 0 amide bonds. The van der Waals surface area contributed by atoms with Crippen molar-refractivity contribution in [2.45, 2.75) is 12.3 Å². The standard InChI is InChI=1S/C19H21N3O2/c1-20-11-14(23)10-15(13-6-8-21-9-7-13)16-12-22-17-4-3-5-18(24-2)19(16)17/h3-9,12,15,20,22H,10-11H2,1-2H3. The summed E-state index contributed by atoms with van der Waals surface area (Å²) in [7, 11) is 3.45. The Bertz CT molecular complexity index is 827. The monoisotopic (exact) mass is 323 g/mol. The Labute approximate surface area is 141 Å². The van der Waals surface area contributed by atoms with E-state index >= 15 is 0 Å². The number of rotatable bonds is 7. The smallest absolute Gasteiger partial charge is 0.147 e. The molecule has 0 bridgehead atoms. The summed E-state index contributed by atoms with van der Waals surface area (Å²) in [5, 5.41) is 3.96. The number of pyridine rings is 1. The lowest BCUT2D eigenvalue weighted by Gasteiger charge is -2.17. The van der Waals surface area contributed by atoms with Gasteiger partial charge >= 0.3 is 0 Å². The lowest BCUT2D eigenvalue weighted by atomic mass is 9.87. The molecule has 2 heterocycles. The third-order valence-corrected chi connectivity index (χ3v) is 4.21. The normalized spacial score (nSPS) is 12.2. The number of H-pyrrole nitrogens is 1. The number of hydrogen-bond donors (Lipinski definition) is 2. The molecule has 2 N–H and O–H groups in total. The third-order valence-electron chi connectivity index (χ3n) is 4.21. The van der Waals surface area contributed by atoms with Crippen LogP contribution >= 0.6 is 0 Å². The number of carbonyl (C=O) groups excluding carboxylic acids is 1. The van der Waals surface area contributed by atoms with Crippen molar-refractivity contribution in [1.29, 1.82) is 0 Å². The second-order valence-electron chi connectivity index (χ2n) is 5.73. The van der Waals surface area contributed by atoms with Crippen molar-refractivity contribution in [2.75, 3.05) is 20.7 Å². The van der Waals surface area contributed by atoms with E-state index in [0.717, 1.165) is 27.8 Å². The van der Waals surface area contributed by atoms with E-state index in [1.165, 1.54) is 0 Å². The van der Waals surface area contributed by atoms with E-state index in [9.17, 15) is 4.79 Å². The van der Waals surface area contributed by atoms with Gasteiger partial charge in [0, 0.05) is 41.8 Å². The van der Waals surface area contributed by atoms with Crippen molar-refractivity contribution >= 4 is 16.7 Å². The minimum absolute atomic E-state index is 0.0427. The van der Waals surface area contributed by atoms with Crippen LogP contribution < -0.4 is 10.1 Å². The number of ketones is 1. The van der Waals surface area contributed by atoms with Gasteiger partial charge in [-0.3, -0.25) is 9.78 Å². The van der Waals surface area contributed by atoms with Crippen molar-refractivity contribution < 1.29 is 9.53 Å². The summed E-state index contributed by atoms with van der Waals surface area (Å²) < 4.78 is 5.54. The van der Waals surface area contributed by atoms with Gasteiger partial charge in [0.25, 0.3) is 0 Å². The van der Waals surface area contributed by atoms with Crippen LogP contribution in [0.15, 0.2) is 48.9 Å². The molecule has 0 radical (unpaired) electrons. The number of nitrogens with one attached hydrogen (secondary N) is 2. The van der Waals surface area contributed by atoms with Crippen molar-refractivity contribution in [1.82, 2.24) is 15.3 Å². The zero-order valence-corrected chi connectivity index (χ0v) is 13.9. The van der Waals surface area contributed by atoms with Gasteiger partial charge in [0.05, 0.1) is 13.7 Å². The molecule has 0 saturated carbocycles. The lowest BCUT2D eigenvalue weighted by molar-refractivity contribution is -0.118. The zero-order valence-electron chi connectivity index (χ0n) is 13.9. The number of aromatic amines is 1. The molecular weight excluding hydrogens is 302 g/mol. The van der Waals surface area contributed by atoms with Crippen molar-refractivity contribution in [2.24, 2.45) is 0 Å². The second-order valence-corrected chi connectivity index (χ2v) is 5.73. The molecule has 1 aromatic carbocycles. The third kappa shape index (κ3) is 3.16. The van der Waals surface area contributed by atoms with Gasteiger partial charge in [-0.2, -0.15) is 0 Å². The van der Waals surface area contributed by atoms with Gasteiger partial charge in [0.15, 0.2) is 0 Å². The maximum Gasteiger partial charge on any atom is 0.147 e. The van der Waals surface area contributed by atoms with E-state index < -0.39 is 0 Å². The van der Waals surface area contributed by atoms with Crippen LogP contribution in [0.25, 0.3) is 10.9 Å². The van der Waals surface area contributed by atoms with Crippen LogP contribution in [0.3, 0.4) is 0 Å². The number of Topliss-reactive ketones (excluding diaryl/α,β-unsaturated/α-hetero) is 1. The average Bonchev–Trinajstić information content (AvgIpc) is 3.04. The van der Waals surface area contributed by atoms with Gasteiger partial charge < -0.3 is 15.0 Å². The quantitative estimate of drug-likeness (QED) is 0.701. The van der Waals surface area contributed by atoms with E-state index in [0.29, 0.717) is 13.0 Å². The lowest BCUT2D eigenvalue weighted by Crippen LogP contribution is -2.21. The average molecular weight is 323 g/mol. The molecular formula is C19H21N3O2. The summed E-state index contributed by atoms with van der Waals surface area (Å²) in [6.07, 6.45) is 5.93. The van der Waals surface area contributed by atoms with Crippen LogP contribution in [0.1, 0.15) is 23.5 Å². The maximum absolute atomic E-state index is 12.3. The molecule has 2 aromatic heterocycles. The van der Waals surface area contributed by atoms with E-state index in [1.807, 2.05) is 36.5 Å². The molecule has 3 rings (SSSR count). The van der Waals surface area contributed by atoms with E-state index in [2.05, 4.69) is 15.3 Å². The van der Waals surface area contributed by atoms with Crippen LogP contribution in [0.5, 0.6) is 5.75 Å². The SMILES string of the molecule is CNCC(=O)CC(c1ccncc1)c1c[nH]c2cccc(OC)c12. The van der Waals surface area contributed by atoms with E-state index in [-0.39, 0.29) is 11.7 Å². The number of hydrogen-bond acceptors (Lipinski definition) is 4. The first-order chi connectivity index (χ1) is 11.7. The van der Waals surface area contributed by atoms with Gasteiger partial charge in [-0.05, 0) is 42.4 Å². The molecule has 5 nitrogen and oxygen atoms in total. The number of carbonyl (C=O) groups is 1. The maximum atomic E-state index is 12.3. The summed E-state index contributed by atoms with van der Waals surface area (Å²) in [5.74, 6) is 0.936. The molecule has 3 aromatic rings. The molecule has 5 heteroatoms. The number of methoxy groups -OCH3 is 1. The Morgan fingerprint density at radius 1 is 1.29 bits per heavy atom. The highest BCUT2D eigenvalue weighted by atomic mass is 16.5. The summed E-state index contributed by atoms with van der Waals surface area (Å²) in [4.78, 5) is 19.7. The molecule has 0 saturated heterocycles. The first-order valence-corrected chi connectivity index (χ1v) is 7.94. The van der Waals surface area contributed by atoms with E-state index in [4.69, 9.17) is 4.74 Å².